The van der Waals surface area contributed by atoms with E-state index in [-0.39, 0.29) is 29.9 Å². The lowest BCUT2D eigenvalue weighted by atomic mass is 10.0. The minimum atomic E-state index is -0.319. The Hall–Kier alpha value is -2.67. The summed E-state index contributed by atoms with van der Waals surface area (Å²) >= 11 is 1.65. The van der Waals surface area contributed by atoms with Gasteiger partial charge in [-0.3, -0.25) is 14.2 Å². The van der Waals surface area contributed by atoms with Crippen LogP contribution in [0.1, 0.15) is 18.0 Å². The molecule has 132 valence electrons. The smallest absolute Gasteiger partial charge is 0.261 e. The number of thioether (sulfide) groups is 1. The number of benzene rings is 2. The lowest BCUT2D eigenvalue weighted by molar-refractivity contribution is -0.122. The molecule has 1 atom stereocenters. The molecular formula is C19H16FN3O2S. The van der Waals surface area contributed by atoms with E-state index >= 15 is 0 Å². The Morgan fingerprint density at radius 3 is 3.04 bits per heavy atom. The molecule has 5 nitrogen and oxygen atoms in total. The highest BCUT2D eigenvalue weighted by atomic mass is 32.2. The first-order valence-corrected chi connectivity index (χ1v) is 9.26. The van der Waals surface area contributed by atoms with Crippen LogP contribution in [0.3, 0.4) is 0 Å². The predicted molar refractivity (Wildman–Crippen MR) is 98.6 cm³/mol. The van der Waals surface area contributed by atoms with Gasteiger partial charge < -0.3 is 5.32 Å². The van der Waals surface area contributed by atoms with Crippen molar-refractivity contribution in [1.82, 2.24) is 14.9 Å². The van der Waals surface area contributed by atoms with E-state index in [1.807, 2.05) is 6.07 Å². The molecule has 2 aromatic carbocycles. The predicted octanol–water partition coefficient (Wildman–Crippen LogP) is 2.89. The number of halogens is 1. The molecule has 1 aliphatic rings. The molecule has 1 N–H and O–H groups in total. The Balaban J connectivity index is 1.55. The van der Waals surface area contributed by atoms with E-state index < -0.39 is 0 Å². The summed E-state index contributed by atoms with van der Waals surface area (Å²) in [6.07, 6.45) is 2.10. The minimum Gasteiger partial charge on any atom is -0.348 e. The molecule has 0 fully saturated rings. The molecule has 2 heterocycles. The molecule has 0 saturated carbocycles. The second-order valence-corrected chi connectivity index (χ2v) is 7.27. The summed E-state index contributed by atoms with van der Waals surface area (Å²) in [4.78, 5) is 30.2. The van der Waals surface area contributed by atoms with Crippen molar-refractivity contribution in [2.24, 2.45) is 0 Å². The average Bonchev–Trinajstić information content (AvgIpc) is 2.65. The van der Waals surface area contributed by atoms with Crippen molar-refractivity contribution in [2.75, 3.05) is 5.75 Å². The zero-order chi connectivity index (χ0) is 18.1. The van der Waals surface area contributed by atoms with Gasteiger partial charge in [-0.1, -0.05) is 12.1 Å². The van der Waals surface area contributed by atoms with Crippen LogP contribution in [0.5, 0.6) is 0 Å². The second kappa shape index (κ2) is 6.92. The molecule has 1 unspecified atom stereocenters. The normalized spacial score (nSPS) is 16.3. The number of hydrogen-bond donors (Lipinski definition) is 1. The maximum Gasteiger partial charge on any atom is 0.261 e. The Kier molecular flexibility index (Phi) is 4.46. The maximum atomic E-state index is 13.6. The van der Waals surface area contributed by atoms with E-state index in [4.69, 9.17) is 0 Å². The minimum absolute atomic E-state index is 0.120. The molecule has 0 spiro atoms. The summed E-state index contributed by atoms with van der Waals surface area (Å²) in [5, 5.41) is 3.40. The number of fused-ring (bicyclic) bond motifs is 2. The number of nitrogens with one attached hydrogen (secondary N) is 1. The van der Waals surface area contributed by atoms with Crippen molar-refractivity contribution < 1.29 is 9.18 Å². The van der Waals surface area contributed by atoms with Crippen LogP contribution in [0.15, 0.2) is 58.5 Å². The van der Waals surface area contributed by atoms with Gasteiger partial charge in [-0.25, -0.2) is 9.37 Å². The van der Waals surface area contributed by atoms with E-state index in [0.717, 1.165) is 22.6 Å². The summed E-state index contributed by atoms with van der Waals surface area (Å²) in [7, 11) is 0. The van der Waals surface area contributed by atoms with E-state index in [9.17, 15) is 14.0 Å². The SMILES string of the molecule is O=C(Cn1cnc2ccccc2c1=O)NC1CCSc2ccc(F)cc21. The first-order valence-electron chi connectivity index (χ1n) is 8.27. The first kappa shape index (κ1) is 16.8. The summed E-state index contributed by atoms with van der Waals surface area (Å²) < 4.78 is 14.9. The Bertz CT molecular complexity index is 1050. The molecule has 7 heteroatoms. The number of rotatable bonds is 3. The summed E-state index contributed by atoms with van der Waals surface area (Å²) in [6.45, 7) is -0.120. The standard InChI is InChI=1S/C19H16FN3O2S/c20-12-5-6-17-14(9-12)16(7-8-26-17)22-18(24)10-23-11-21-15-4-2-1-3-13(15)19(23)25/h1-6,9,11,16H,7-8,10H2,(H,22,24). The molecule has 26 heavy (non-hydrogen) atoms. The Morgan fingerprint density at radius 1 is 1.31 bits per heavy atom. The maximum absolute atomic E-state index is 13.6. The van der Waals surface area contributed by atoms with Crippen LogP contribution < -0.4 is 10.9 Å². The summed E-state index contributed by atoms with van der Waals surface area (Å²) in [6, 6.07) is 11.4. The molecule has 0 saturated heterocycles. The van der Waals surface area contributed by atoms with Crippen molar-refractivity contribution >= 4 is 28.6 Å². The van der Waals surface area contributed by atoms with Gasteiger partial charge in [0.1, 0.15) is 12.4 Å². The van der Waals surface area contributed by atoms with Crippen LogP contribution in [-0.2, 0) is 11.3 Å². The van der Waals surface area contributed by atoms with Crippen LogP contribution in [0.4, 0.5) is 4.39 Å². The fourth-order valence-electron chi connectivity index (χ4n) is 3.13. The van der Waals surface area contributed by atoms with Gasteiger partial charge in [-0.15, -0.1) is 11.8 Å². The van der Waals surface area contributed by atoms with Gasteiger partial charge in [0.05, 0.1) is 23.3 Å². The molecule has 0 aliphatic carbocycles. The van der Waals surface area contributed by atoms with Crippen molar-refractivity contribution in [1.29, 1.82) is 0 Å². The van der Waals surface area contributed by atoms with Crippen LogP contribution in [-0.4, -0.2) is 21.2 Å². The van der Waals surface area contributed by atoms with Crippen LogP contribution >= 0.6 is 11.8 Å². The van der Waals surface area contributed by atoms with Gasteiger partial charge in [0.2, 0.25) is 5.91 Å². The third-order valence-corrected chi connectivity index (χ3v) is 5.51. The molecule has 1 aliphatic heterocycles. The lowest BCUT2D eigenvalue weighted by Gasteiger charge is -2.26. The highest BCUT2D eigenvalue weighted by Gasteiger charge is 2.23. The second-order valence-electron chi connectivity index (χ2n) is 6.13. The van der Waals surface area contributed by atoms with Gasteiger partial charge in [0.15, 0.2) is 0 Å². The zero-order valence-electron chi connectivity index (χ0n) is 13.8. The highest BCUT2D eigenvalue weighted by molar-refractivity contribution is 7.99. The Labute approximate surface area is 153 Å². The molecule has 3 aromatic rings. The third kappa shape index (κ3) is 3.22. The van der Waals surface area contributed by atoms with E-state index in [1.165, 1.54) is 23.0 Å². The van der Waals surface area contributed by atoms with E-state index in [2.05, 4.69) is 10.3 Å². The molecule has 0 bridgehead atoms. The quantitative estimate of drug-likeness (QED) is 0.771. The number of hydrogen-bond acceptors (Lipinski definition) is 4. The molecule has 1 aromatic heterocycles. The van der Waals surface area contributed by atoms with Crippen LogP contribution in [0.2, 0.25) is 0 Å². The van der Waals surface area contributed by atoms with E-state index in [0.29, 0.717) is 10.9 Å². The lowest BCUT2D eigenvalue weighted by Crippen LogP contribution is -2.36. The number of carbonyl (C=O) groups is 1. The largest absolute Gasteiger partial charge is 0.348 e. The fraction of sp³-hybridized carbons (Fsp3) is 0.211. The summed E-state index contributed by atoms with van der Waals surface area (Å²) in [5.41, 5.74) is 1.14. The summed E-state index contributed by atoms with van der Waals surface area (Å²) in [5.74, 6) is 0.234. The van der Waals surface area contributed by atoms with Crippen molar-refractivity contribution in [3.05, 3.63) is 70.5 Å². The number of aromatic nitrogens is 2. The van der Waals surface area contributed by atoms with Gasteiger partial charge in [0, 0.05) is 10.6 Å². The number of amides is 1. The average molecular weight is 369 g/mol. The number of nitrogens with zero attached hydrogens (tertiary/aromatic N) is 2. The molecule has 0 radical (unpaired) electrons. The monoisotopic (exact) mass is 369 g/mol. The number of carbonyl (C=O) groups excluding carboxylic acids is 1. The molecule has 1 amide bonds. The number of para-hydroxylation sites is 1. The van der Waals surface area contributed by atoms with Crippen molar-refractivity contribution in [2.45, 2.75) is 23.9 Å². The zero-order valence-corrected chi connectivity index (χ0v) is 14.6. The van der Waals surface area contributed by atoms with Gasteiger partial charge >= 0.3 is 0 Å². The van der Waals surface area contributed by atoms with Gasteiger partial charge in [-0.05, 0) is 42.3 Å². The van der Waals surface area contributed by atoms with Crippen molar-refractivity contribution in [3.8, 4) is 0 Å². The Morgan fingerprint density at radius 2 is 2.15 bits per heavy atom. The fourth-order valence-corrected chi connectivity index (χ4v) is 4.23. The van der Waals surface area contributed by atoms with Crippen molar-refractivity contribution in [3.63, 3.8) is 0 Å². The van der Waals surface area contributed by atoms with Crippen LogP contribution in [0.25, 0.3) is 10.9 Å². The van der Waals surface area contributed by atoms with Gasteiger partial charge in [-0.2, -0.15) is 0 Å². The van der Waals surface area contributed by atoms with Crippen LogP contribution in [0, 0.1) is 5.82 Å². The highest BCUT2D eigenvalue weighted by Crippen LogP contribution is 2.36. The van der Waals surface area contributed by atoms with Gasteiger partial charge in [0.25, 0.3) is 5.56 Å². The molecule has 4 rings (SSSR count). The third-order valence-electron chi connectivity index (χ3n) is 4.39. The van der Waals surface area contributed by atoms with E-state index in [1.54, 1.807) is 36.0 Å². The molecular weight excluding hydrogens is 353 g/mol. The topological polar surface area (TPSA) is 64.0 Å². The first-order chi connectivity index (χ1) is 12.6.